The fraction of sp³-hybridized carbons (Fsp3) is 0.500. The quantitative estimate of drug-likeness (QED) is 0.895. The fourth-order valence-electron chi connectivity index (χ4n) is 1.14. The molecule has 0 spiro atoms. The molecule has 0 aliphatic heterocycles. The third kappa shape index (κ3) is 2.22. The summed E-state index contributed by atoms with van der Waals surface area (Å²) in [6.07, 6.45) is 1.88. The van der Waals surface area contributed by atoms with Crippen molar-refractivity contribution in [2.45, 2.75) is 26.2 Å². The largest absolute Gasteiger partial charge is 0.363 e. The van der Waals surface area contributed by atoms with E-state index in [9.17, 15) is 0 Å². The van der Waals surface area contributed by atoms with E-state index in [0.717, 1.165) is 20.0 Å². The van der Waals surface area contributed by atoms with Crippen LogP contribution in [0.15, 0.2) is 6.20 Å². The highest BCUT2D eigenvalue weighted by molar-refractivity contribution is 7.23. The van der Waals surface area contributed by atoms with Crippen LogP contribution in [0.1, 0.15) is 25.8 Å². The Bertz CT molecular complexity index is 481. The Labute approximate surface area is 103 Å². The van der Waals surface area contributed by atoms with Gasteiger partial charge in [0.2, 0.25) is 5.13 Å². The molecule has 0 saturated heterocycles. The zero-order chi connectivity index (χ0) is 11.8. The Morgan fingerprint density at radius 1 is 1.19 bits per heavy atom. The molecule has 0 aliphatic rings. The van der Waals surface area contributed by atoms with E-state index < -0.39 is 0 Å². The van der Waals surface area contributed by atoms with Crippen molar-refractivity contribution in [1.29, 1.82) is 0 Å². The summed E-state index contributed by atoms with van der Waals surface area (Å²) < 4.78 is 0. The zero-order valence-corrected chi connectivity index (χ0v) is 11.4. The summed E-state index contributed by atoms with van der Waals surface area (Å²) in [6, 6.07) is 0. The van der Waals surface area contributed by atoms with E-state index in [0.29, 0.717) is 0 Å². The molecule has 0 fully saturated rings. The molecule has 0 aromatic carbocycles. The van der Waals surface area contributed by atoms with Crippen LogP contribution >= 0.6 is 22.7 Å². The summed E-state index contributed by atoms with van der Waals surface area (Å²) in [7, 11) is 1.84. The first kappa shape index (κ1) is 11.5. The average Bonchev–Trinajstić information content (AvgIpc) is 2.85. The Balaban J connectivity index is 2.31. The molecule has 0 bridgehead atoms. The van der Waals surface area contributed by atoms with Crippen molar-refractivity contribution in [3.8, 4) is 9.88 Å². The number of aromatic nitrogens is 3. The van der Waals surface area contributed by atoms with Crippen LogP contribution < -0.4 is 5.32 Å². The molecule has 16 heavy (non-hydrogen) atoms. The Morgan fingerprint density at radius 3 is 2.44 bits per heavy atom. The highest BCUT2D eigenvalue weighted by Crippen LogP contribution is 2.34. The van der Waals surface area contributed by atoms with Gasteiger partial charge in [-0.3, -0.25) is 0 Å². The smallest absolute Gasteiger partial charge is 0.205 e. The van der Waals surface area contributed by atoms with Crippen molar-refractivity contribution in [2.75, 3.05) is 12.4 Å². The van der Waals surface area contributed by atoms with Crippen molar-refractivity contribution >= 4 is 27.8 Å². The van der Waals surface area contributed by atoms with Gasteiger partial charge in [-0.05, 0) is 0 Å². The van der Waals surface area contributed by atoms with Crippen molar-refractivity contribution in [2.24, 2.45) is 0 Å². The van der Waals surface area contributed by atoms with Crippen LogP contribution in [-0.2, 0) is 5.41 Å². The lowest BCUT2D eigenvalue weighted by atomic mass is 9.98. The van der Waals surface area contributed by atoms with Gasteiger partial charge in [0.1, 0.15) is 0 Å². The van der Waals surface area contributed by atoms with Crippen molar-refractivity contribution < 1.29 is 0 Å². The Hall–Kier alpha value is -1.01. The van der Waals surface area contributed by atoms with E-state index in [1.54, 1.807) is 22.7 Å². The number of hydrogen-bond acceptors (Lipinski definition) is 6. The predicted octanol–water partition coefficient (Wildman–Crippen LogP) is 3.00. The van der Waals surface area contributed by atoms with Gasteiger partial charge in [-0.25, -0.2) is 4.98 Å². The van der Waals surface area contributed by atoms with E-state index >= 15 is 0 Å². The molecule has 2 rings (SSSR count). The van der Waals surface area contributed by atoms with Crippen LogP contribution in [0.4, 0.5) is 5.13 Å². The van der Waals surface area contributed by atoms with E-state index in [2.05, 4.69) is 41.3 Å². The monoisotopic (exact) mass is 254 g/mol. The van der Waals surface area contributed by atoms with Gasteiger partial charge >= 0.3 is 0 Å². The number of nitrogens with one attached hydrogen (secondary N) is 1. The minimum Gasteiger partial charge on any atom is -0.363 e. The molecule has 0 aliphatic carbocycles. The first-order chi connectivity index (χ1) is 7.50. The van der Waals surface area contributed by atoms with Crippen molar-refractivity contribution in [3.05, 3.63) is 11.2 Å². The average molecular weight is 254 g/mol. The molecule has 0 radical (unpaired) electrons. The highest BCUT2D eigenvalue weighted by atomic mass is 32.1. The van der Waals surface area contributed by atoms with Crippen LogP contribution in [0, 0.1) is 0 Å². The van der Waals surface area contributed by atoms with Gasteiger partial charge in [-0.15, -0.1) is 21.5 Å². The first-order valence-corrected chi connectivity index (χ1v) is 6.62. The standard InChI is InChI=1S/C10H14N4S2/c1-10(2,3)8-12-5-6(15-8)7-13-14-9(11-4)16-7/h5H,1-4H3,(H,11,14). The molecule has 1 N–H and O–H groups in total. The summed E-state index contributed by atoms with van der Waals surface area (Å²) in [5.41, 5.74) is 0.0967. The molecule has 2 aromatic heterocycles. The minimum atomic E-state index is 0.0967. The summed E-state index contributed by atoms with van der Waals surface area (Å²) in [6.45, 7) is 6.48. The lowest BCUT2D eigenvalue weighted by Crippen LogP contribution is -2.09. The van der Waals surface area contributed by atoms with Gasteiger partial charge in [-0.1, -0.05) is 32.1 Å². The van der Waals surface area contributed by atoms with Crippen molar-refractivity contribution in [1.82, 2.24) is 15.2 Å². The lowest BCUT2D eigenvalue weighted by Gasteiger charge is -2.13. The predicted molar refractivity (Wildman–Crippen MR) is 69.3 cm³/mol. The summed E-state index contributed by atoms with van der Waals surface area (Å²) >= 11 is 3.23. The molecular formula is C10H14N4S2. The van der Waals surface area contributed by atoms with Gasteiger partial charge in [0.05, 0.1) is 9.88 Å². The van der Waals surface area contributed by atoms with Crippen LogP contribution in [-0.4, -0.2) is 22.2 Å². The zero-order valence-electron chi connectivity index (χ0n) is 9.74. The van der Waals surface area contributed by atoms with Crippen LogP contribution in [0.3, 0.4) is 0 Å². The number of thiazole rings is 1. The second-order valence-electron chi connectivity index (χ2n) is 4.44. The van der Waals surface area contributed by atoms with Gasteiger partial charge in [-0.2, -0.15) is 0 Å². The molecule has 0 amide bonds. The third-order valence-corrected chi connectivity index (χ3v) is 4.53. The van der Waals surface area contributed by atoms with Gasteiger partial charge in [0, 0.05) is 18.7 Å². The molecule has 86 valence electrons. The van der Waals surface area contributed by atoms with Crippen LogP contribution in [0.5, 0.6) is 0 Å². The minimum absolute atomic E-state index is 0.0967. The summed E-state index contributed by atoms with van der Waals surface area (Å²) in [5, 5.41) is 14.0. The van der Waals surface area contributed by atoms with E-state index in [4.69, 9.17) is 0 Å². The fourth-order valence-corrected chi connectivity index (χ4v) is 2.85. The topological polar surface area (TPSA) is 50.7 Å². The molecule has 0 atom stereocenters. The summed E-state index contributed by atoms with van der Waals surface area (Å²) in [5.74, 6) is 0. The maximum atomic E-state index is 4.44. The second-order valence-corrected chi connectivity index (χ2v) is 6.45. The number of hydrogen-bond donors (Lipinski definition) is 1. The summed E-state index contributed by atoms with van der Waals surface area (Å²) in [4.78, 5) is 5.52. The molecule has 2 aromatic rings. The number of nitrogens with zero attached hydrogens (tertiary/aromatic N) is 3. The second kappa shape index (κ2) is 4.10. The SMILES string of the molecule is CNc1nnc(-c2cnc(C(C)(C)C)s2)s1. The number of anilines is 1. The van der Waals surface area contributed by atoms with E-state index in [1.807, 2.05) is 13.2 Å². The van der Waals surface area contributed by atoms with E-state index in [-0.39, 0.29) is 5.41 Å². The molecule has 2 heterocycles. The van der Waals surface area contributed by atoms with Gasteiger partial charge in [0.15, 0.2) is 5.01 Å². The van der Waals surface area contributed by atoms with Crippen molar-refractivity contribution in [3.63, 3.8) is 0 Å². The molecule has 0 saturated carbocycles. The third-order valence-electron chi connectivity index (χ3n) is 2.00. The molecule has 0 unspecified atom stereocenters. The van der Waals surface area contributed by atoms with Gasteiger partial charge in [0.25, 0.3) is 0 Å². The maximum absolute atomic E-state index is 4.44. The first-order valence-electron chi connectivity index (χ1n) is 4.98. The molecule has 6 heteroatoms. The number of rotatable bonds is 2. The maximum Gasteiger partial charge on any atom is 0.205 e. The highest BCUT2D eigenvalue weighted by Gasteiger charge is 2.19. The Kier molecular flexibility index (Phi) is 2.94. The molecule has 4 nitrogen and oxygen atoms in total. The molecular weight excluding hydrogens is 240 g/mol. The normalized spacial score (nSPS) is 11.8. The lowest BCUT2D eigenvalue weighted by molar-refractivity contribution is 0.585. The van der Waals surface area contributed by atoms with Crippen LogP contribution in [0.25, 0.3) is 9.88 Å². The van der Waals surface area contributed by atoms with Gasteiger partial charge < -0.3 is 5.32 Å². The van der Waals surface area contributed by atoms with Crippen LogP contribution in [0.2, 0.25) is 0 Å². The van der Waals surface area contributed by atoms with E-state index in [1.165, 1.54) is 0 Å². The Morgan fingerprint density at radius 2 is 1.94 bits per heavy atom.